The Morgan fingerprint density at radius 1 is 1.43 bits per heavy atom. The lowest BCUT2D eigenvalue weighted by molar-refractivity contribution is -0.125. The molecule has 21 heavy (non-hydrogen) atoms. The van der Waals surface area contributed by atoms with Crippen molar-refractivity contribution in [3.8, 4) is 11.5 Å². The maximum Gasteiger partial charge on any atom is 0.401 e. The van der Waals surface area contributed by atoms with Gasteiger partial charge in [0.2, 0.25) is 0 Å². The highest BCUT2D eigenvalue weighted by atomic mass is 35.5. The molecule has 0 saturated heterocycles. The van der Waals surface area contributed by atoms with Gasteiger partial charge in [-0.05, 0) is 17.7 Å². The number of ether oxygens (including phenoxy) is 2. The fraction of sp³-hybridized carbons (Fsp3) is 0.417. The predicted molar refractivity (Wildman–Crippen MR) is 70.5 cm³/mol. The smallest absolute Gasteiger partial charge is 0.401 e. The van der Waals surface area contributed by atoms with Crippen LogP contribution < -0.4 is 20.5 Å². The van der Waals surface area contributed by atoms with Gasteiger partial charge in [-0.2, -0.15) is 13.2 Å². The van der Waals surface area contributed by atoms with Crippen LogP contribution in [0.5, 0.6) is 11.5 Å². The zero-order chi connectivity index (χ0) is 16.0. The monoisotopic (exact) mass is 326 g/mol. The molecule has 1 amide bonds. The average Bonchev–Trinajstić information content (AvgIpc) is 2.35. The standard InChI is InChI=1S/C12H14ClF3N2O3/c1-20-9-3-7(4-18-6-12(14,15)16)2-8(13)11(9)21-5-10(17)19/h2-3,18H,4-6H2,1H3,(H2,17,19). The van der Waals surface area contributed by atoms with E-state index in [4.69, 9.17) is 26.8 Å². The summed E-state index contributed by atoms with van der Waals surface area (Å²) < 4.78 is 46.3. The summed E-state index contributed by atoms with van der Waals surface area (Å²) in [5.74, 6) is -0.380. The Bertz CT molecular complexity index is 509. The highest BCUT2D eigenvalue weighted by molar-refractivity contribution is 6.32. The zero-order valence-corrected chi connectivity index (χ0v) is 11.8. The summed E-state index contributed by atoms with van der Waals surface area (Å²) in [5.41, 5.74) is 5.43. The number of hydrogen-bond donors (Lipinski definition) is 2. The number of carbonyl (C=O) groups excluding carboxylic acids is 1. The first-order valence-electron chi connectivity index (χ1n) is 5.78. The molecule has 0 aliphatic heterocycles. The highest BCUT2D eigenvalue weighted by Crippen LogP contribution is 2.36. The van der Waals surface area contributed by atoms with Gasteiger partial charge in [0.15, 0.2) is 18.1 Å². The van der Waals surface area contributed by atoms with Crippen LogP contribution in [-0.2, 0) is 11.3 Å². The number of benzene rings is 1. The number of carbonyl (C=O) groups is 1. The molecule has 0 bridgehead atoms. The average molecular weight is 327 g/mol. The van der Waals surface area contributed by atoms with Gasteiger partial charge in [-0.25, -0.2) is 0 Å². The molecule has 1 rings (SSSR count). The summed E-state index contributed by atoms with van der Waals surface area (Å²) in [4.78, 5) is 10.7. The molecule has 0 spiro atoms. The lowest BCUT2D eigenvalue weighted by atomic mass is 10.2. The molecule has 0 aromatic heterocycles. The van der Waals surface area contributed by atoms with Gasteiger partial charge in [0.25, 0.3) is 5.91 Å². The van der Waals surface area contributed by atoms with Crippen molar-refractivity contribution in [3.05, 3.63) is 22.7 Å². The first-order valence-corrected chi connectivity index (χ1v) is 6.15. The van der Waals surface area contributed by atoms with E-state index in [1.807, 2.05) is 0 Å². The van der Waals surface area contributed by atoms with Crippen molar-refractivity contribution < 1.29 is 27.4 Å². The molecule has 1 aromatic carbocycles. The molecule has 0 fully saturated rings. The number of nitrogens with two attached hydrogens (primary N) is 1. The summed E-state index contributed by atoms with van der Waals surface area (Å²) in [6.07, 6.45) is -4.29. The number of amides is 1. The quantitative estimate of drug-likeness (QED) is 0.802. The topological polar surface area (TPSA) is 73.6 Å². The summed E-state index contributed by atoms with van der Waals surface area (Å²) >= 11 is 5.96. The Labute approximate surface area is 124 Å². The van der Waals surface area contributed by atoms with Crippen molar-refractivity contribution in [1.29, 1.82) is 0 Å². The Morgan fingerprint density at radius 3 is 2.62 bits per heavy atom. The molecular weight excluding hydrogens is 313 g/mol. The van der Waals surface area contributed by atoms with Crippen LogP contribution in [0.4, 0.5) is 13.2 Å². The molecule has 0 unspecified atom stereocenters. The number of rotatable bonds is 7. The van der Waals surface area contributed by atoms with Gasteiger partial charge in [-0.15, -0.1) is 0 Å². The zero-order valence-electron chi connectivity index (χ0n) is 11.1. The van der Waals surface area contributed by atoms with Crippen LogP contribution in [0.2, 0.25) is 5.02 Å². The molecule has 3 N–H and O–H groups in total. The molecule has 0 heterocycles. The highest BCUT2D eigenvalue weighted by Gasteiger charge is 2.26. The van der Waals surface area contributed by atoms with E-state index in [0.29, 0.717) is 5.56 Å². The van der Waals surface area contributed by atoms with Gasteiger partial charge in [0, 0.05) is 6.54 Å². The van der Waals surface area contributed by atoms with E-state index in [0.717, 1.165) is 0 Å². The fourth-order valence-electron chi connectivity index (χ4n) is 1.51. The third kappa shape index (κ3) is 6.09. The second-order valence-electron chi connectivity index (χ2n) is 4.08. The fourth-order valence-corrected chi connectivity index (χ4v) is 1.80. The summed E-state index contributed by atoms with van der Waals surface area (Å²) in [6, 6.07) is 2.88. The van der Waals surface area contributed by atoms with E-state index in [9.17, 15) is 18.0 Å². The van der Waals surface area contributed by atoms with Gasteiger partial charge in [-0.3, -0.25) is 4.79 Å². The largest absolute Gasteiger partial charge is 0.493 e. The van der Waals surface area contributed by atoms with Gasteiger partial charge in [-0.1, -0.05) is 11.6 Å². The molecule has 9 heteroatoms. The van der Waals surface area contributed by atoms with Crippen LogP contribution in [0.15, 0.2) is 12.1 Å². The summed E-state index contributed by atoms with van der Waals surface area (Å²) in [5, 5.41) is 2.35. The number of methoxy groups -OCH3 is 1. The molecule has 1 aromatic rings. The van der Waals surface area contributed by atoms with E-state index in [-0.39, 0.29) is 29.7 Å². The van der Waals surface area contributed by atoms with Gasteiger partial charge in [0.05, 0.1) is 18.7 Å². The maximum atomic E-state index is 12.0. The number of nitrogens with one attached hydrogen (secondary N) is 1. The molecular formula is C12H14ClF3N2O3. The number of alkyl halides is 3. The van der Waals surface area contributed by atoms with Crippen molar-refractivity contribution in [2.24, 2.45) is 5.73 Å². The second-order valence-corrected chi connectivity index (χ2v) is 4.49. The Morgan fingerprint density at radius 2 is 2.10 bits per heavy atom. The van der Waals surface area contributed by atoms with Crippen molar-refractivity contribution in [1.82, 2.24) is 5.32 Å². The molecule has 0 radical (unpaired) electrons. The van der Waals surface area contributed by atoms with E-state index in [2.05, 4.69) is 5.32 Å². The van der Waals surface area contributed by atoms with Crippen molar-refractivity contribution in [3.63, 3.8) is 0 Å². The van der Waals surface area contributed by atoms with E-state index >= 15 is 0 Å². The number of hydrogen-bond acceptors (Lipinski definition) is 4. The molecule has 118 valence electrons. The summed E-state index contributed by atoms with van der Waals surface area (Å²) in [6.45, 7) is -1.56. The van der Waals surface area contributed by atoms with Gasteiger partial charge in [0.1, 0.15) is 0 Å². The molecule has 0 atom stereocenters. The van der Waals surface area contributed by atoms with Crippen LogP contribution >= 0.6 is 11.6 Å². The maximum absolute atomic E-state index is 12.0. The minimum atomic E-state index is -4.29. The van der Waals surface area contributed by atoms with Crippen LogP contribution in [0.3, 0.4) is 0 Å². The van der Waals surface area contributed by atoms with Gasteiger partial charge < -0.3 is 20.5 Å². The SMILES string of the molecule is COc1cc(CNCC(F)(F)F)cc(Cl)c1OCC(N)=O. The van der Waals surface area contributed by atoms with Crippen molar-refractivity contribution >= 4 is 17.5 Å². The third-order valence-electron chi connectivity index (χ3n) is 2.30. The van der Waals surface area contributed by atoms with E-state index < -0.39 is 18.6 Å². The first-order chi connectivity index (χ1) is 9.73. The Hall–Kier alpha value is -1.67. The number of primary amides is 1. The van der Waals surface area contributed by atoms with Gasteiger partial charge >= 0.3 is 6.18 Å². The number of halogens is 4. The lowest BCUT2D eigenvalue weighted by Crippen LogP contribution is -2.28. The lowest BCUT2D eigenvalue weighted by Gasteiger charge is -2.14. The first kappa shape index (κ1) is 17.4. The molecule has 0 aliphatic carbocycles. The normalized spacial score (nSPS) is 11.3. The Balaban J connectivity index is 2.80. The van der Waals surface area contributed by atoms with Crippen molar-refractivity contribution in [2.75, 3.05) is 20.3 Å². The predicted octanol–water partition coefficient (Wildman–Crippen LogP) is 1.86. The van der Waals surface area contributed by atoms with E-state index in [1.54, 1.807) is 0 Å². The van der Waals surface area contributed by atoms with Crippen LogP contribution in [0, 0.1) is 0 Å². The van der Waals surface area contributed by atoms with E-state index in [1.165, 1.54) is 19.2 Å². The molecule has 0 saturated carbocycles. The molecule has 0 aliphatic rings. The van der Waals surface area contributed by atoms with Crippen molar-refractivity contribution in [2.45, 2.75) is 12.7 Å². The minimum Gasteiger partial charge on any atom is -0.493 e. The Kier molecular flexibility index (Phi) is 6.10. The summed E-state index contributed by atoms with van der Waals surface area (Å²) in [7, 11) is 1.34. The molecule has 5 nitrogen and oxygen atoms in total. The van der Waals surface area contributed by atoms with Crippen LogP contribution in [0.25, 0.3) is 0 Å². The second kappa shape index (κ2) is 7.37. The van der Waals surface area contributed by atoms with Crippen LogP contribution in [0.1, 0.15) is 5.56 Å². The minimum absolute atomic E-state index is 0.0499. The third-order valence-corrected chi connectivity index (χ3v) is 2.58. The van der Waals surface area contributed by atoms with Crippen LogP contribution in [-0.4, -0.2) is 32.3 Å².